The monoisotopic (exact) mass is 366 g/mol. The Morgan fingerprint density at radius 3 is 2.48 bits per heavy atom. The quantitative estimate of drug-likeness (QED) is 0.418. The van der Waals surface area contributed by atoms with E-state index < -0.39 is 0 Å². The summed E-state index contributed by atoms with van der Waals surface area (Å²) in [5.41, 5.74) is 19.1. The fraction of sp³-hybridized carbons (Fsp3) is 0.353. The van der Waals surface area contributed by atoms with Gasteiger partial charge in [-0.1, -0.05) is 23.7 Å². The number of hydrogen-bond donors (Lipinski definition) is 3. The van der Waals surface area contributed by atoms with Gasteiger partial charge in [0.1, 0.15) is 17.1 Å². The van der Waals surface area contributed by atoms with Gasteiger partial charge in [-0.2, -0.15) is 0 Å². The largest absolute Gasteiger partial charge is 0.465 e. The minimum atomic E-state index is -0.379. The van der Waals surface area contributed by atoms with E-state index in [0.717, 1.165) is 5.56 Å². The highest BCUT2D eigenvalue weighted by Gasteiger charge is 2.29. The highest BCUT2D eigenvalue weighted by atomic mass is 35.5. The Morgan fingerprint density at radius 1 is 1.32 bits per heavy atom. The van der Waals surface area contributed by atoms with Crippen molar-refractivity contribution in [1.82, 2.24) is 4.90 Å². The maximum absolute atomic E-state index is 11.5. The van der Waals surface area contributed by atoms with Gasteiger partial charge in [0.15, 0.2) is 0 Å². The maximum atomic E-state index is 11.5. The summed E-state index contributed by atoms with van der Waals surface area (Å²) in [5.74, 6) is -0.243. The number of nitrogens with two attached hydrogens (primary N) is 3. The number of carbonyl (C=O) groups excluding carboxylic acids is 1. The predicted octanol–water partition coefficient (Wildman–Crippen LogP) is 1.36. The van der Waals surface area contributed by atoms with Crippen molar-refractivity contribution in [1.29, 1.82) is 0 Å². The predicted molar refractivity (Wildman–Crippen MR) is 96.2 cm³/mol. The van der Waals surface area contributed by atoms with Crippen molar-refractivity contribution >= 4 is 17.6 Å². The van der Waals surface area contributed by atoms with Crippen molar-refractivity contribution < 1.29 is 14.3 Å². The summed E-state index contributed by atoms with van der Waals surface area (Å²) in [7, 11) is 1.35. The van der Waals surface area contributed by atoms with Crippen LogP contribution in [0.4, 0.5) is 0 Å². The summed E-state index contributed by atoms with van der Waals surface area (Å²) in [4.78, 5) is 13.5. The van der Waals surface area contributed by atoms with Crippen LogP contribution in [0.25, 0.3) is 0 Å². The second kappa shape index (κ2) is 8.13. The lowest BCUT2D eigenvalue weighted by molar-refractivity contribution is -0.0458. The highest BCUT2D eigenvalue weighted by molar-refractivity contribution is 6.29. The first kappa shape index (κ1) is 19.0. The van der Waals surface area contributed by atoms with Crippen LogP contribution >= 0.6 is 11.6 Å². The number of carbonyl (C=O) groups is 1. The Balaban J connectivity index is 2.23. The van der Waals surface area contributed by atoms with E-state index in [1.807, 2.05) is 24.0 Å². The standard InChI is InChI=1S/C17H23ClN4O3/c1-10-9-25-14(8-22(10)13(16(20)21)7-15(18)19)11-3-5-12(6-4-11)17(23)24-2/h3-7,10,14H,8-9,19-21H2,1-2H3/b15-7-. The van der Waals surface area contributed by atoms with Gasteiger partial charge in [0.2, 0.25) is 0 Å². The molecule has 0 radical (unpaired) electrons. The number of halogens is 1. The van der Waals surface area contributed by atoms with Gasteiger partial charge in [-0.05, 0) is 30.7 Å². The van der Waals surface area contributed by atoms with Gasteiger partial charge in [0.05, 0.1) is 25.0 Å². The lowest BCUT2D eigenvalue weighted by atomic mass is 10.0. The molecule has 0 aliphatic carbocycles. The molecule has 1 aliphatic heterocycles. The van der Waals surface area contributed by atoms with Crippen molar-refractivity contribution in [3.63, 3.8) is 0 Å². The molecule has 7 nitrogen and oxygen atoms in total. The summed E-state index contributed by atoms with van der Waals surface area (Å²) < 4.78 is 10.6. The molecule has 0 amide bonds. The van der Waals surface area contributed by atoms with Crippen LogP contribution in [0.3, 0.4) is 0 Å². The normalized spacial score (nSPS) is 20.9. The molecule has 1 aromatic rings. The molecular formula is C17H23ClN4O3. The van der Waals surface area contributed by atoms with Crippen molar-refractivity contribution in [2.75, 3.05) is 20.3 Å². The van der Waals surface area contributed by atoms with Crippen LogP contribution in [0.2, 0.25) is 0 Å². The first-order chi connectivity index (χ1) is 11.8. The molecule has 2 atom stereocenters. The van der Waals surface area contributed by atoms with E-state index >= 15 is 0 Å². The number of allylic oxidation sites excluding steroid dienone is 1. The molecular weight excluding hydrogens is 344 g/mol. The summed E-state index contributed by atoms with van der Waals surface area (Å²) in [6, 6.07) is 7.14. The first-order valence-corrected chi connectivity index (χ1v) is 8.15. The molecule has 1 saturated heterocycles. The second-order valence-corrected chi connectivity index (χ2v) is 6.24. The molecule has 1 heterocycles. The molecule has 1 fully saturated rings. The number of benzene rings is 1. The van der Waals surface area contributed by atoms with Gasteiger partial charge in [-0.3, -0.25) is 0 Å². The molecule has 25 heavy (non-hydrogen) atoms. The van der Waals surface area contributed by atoms with Gasteiger partial charge in [-0.15, -0.1) is 0 Å². The molecule has 2 rings (SSSR count). The number of rotatable bonds is 4. The van der Waals surface area contributed by atoms with Crippen molar-refractivity contribution in [3.05, 3.63) is 58.1 Å². The number of morpholine rings is 1. The van der Waals surface area contributed by atoms with Gasteiger partial charge in [-0.25, -0.2) is 4.79 Å². The summed E-state index contributed by atoms with van der Waals surface area (Å²) in [5, 5.41) is 0.0982. The fourth-order valence-electron chi connectivity index (χ4n) is 2.71. The van der Waals surface area contributed by atoms with E-state index in [2.05, 4.69) is 0 Å². The van der Waals surface area contributed by atoms with E-state index in [0.29, 0.717) is 24.4 Å². The summed E-state index contributed by atoms with van der Waals surface area (Å²) in [6.07, 6.45) is 1.33. The Hall–Kier alpha value is -2.38. The molecule has 8 heteroatoms. The van der Waals surface area contributed by atoms with E-state index in [1.54, 1.807) is 12.1 Å². The third-order valence-corrected chi connectivity index (χ3v) is 4.13. The highest BCUT2D eigenvalue weighted by Crippen LogP contribution is 2.28. The molecule has 0 bridgehead atoms. The summed E-state index contributed by atoms with van der Waals surface area (Å²) >= 11 is 5.79. The minimum absolute atomic E-state index is 0.0509. The molecule has 0 spiro atoms. The first-order valence-electron chi connectivity index (χ1n) is 7.78. The van der Waals surface area contributed by atoms with Crippen LogP contribution in [-0.2, 0) is 9.47 Å². The number of esters is 1. The van der Waals surface area contributed by atoms with Crippen molar-refractivity contribution in [2.24, 2.45) is 17.2 Å². The zero-order valence-electron chi connectivity index (χ0n) is 14.2. The van der Waals surface area contributed by atoms with Crippen LogP contribution in [0, 0.1) is 0 Å². The zero-order valence-corrected chi connectivity index (χ0v) is 15.0. The zero-order chi connectivity index (χ0) is 18.6. The maximum Gasteiger partial charge on any atom is 0.337 e. The number of methoxy groups -OCH3 is 1. The lowest BCUT2D eigenvalue weighted by Gasteiger charge is -2.40. The molecule has 136 valence electrons. The molecule has 0 saturated carbocycles. The molecule has 6 N–H and O–H groups in total. The minimum Gasteiger partial charge on any atom is -0.465 e. The van der Waals surface area contributed by atoms with Gasteiger partial charge in [0.25, 0.3) is 0 Å². The lowest BCUT2D eigenvalue weighted by Crippen LogP contribution is -2.45. The van der Waals surface area contributed by atoms with E-state index in [-0.39, 0.29) is 29.1 Å². The van der Waals surface area contributed by atoms with Crippen LogP contribution in [-0.4, -0.2) is 37.2 Å². The molecule has 0 aromatic heterocycles. The van der Waals surface area contributed by atoms with Gasteiger partial charge >= 0.3 is 5.97 Å². The third kappa shape index (κ3) is 4.58. The molecule has 1 aromatic carbocycles. The van der Waals surface area contributed by atoms with Crippen LogP contribution in [0.5, 0.6) is 0 Å². The van der Waals surface area contributed by atoms with E-state index in [9.17, 15) is 4.79 Å². The van der Waals surface area contributed by atoms with Crippen molar-refractivity contribution in [3.8, 4) is 0 Å². The second-order valence-electron chi connectivity index (χ2n) is 5.81. The molecule has 2 unspecified atom stereocenters. The van der Waals surface area contributed by atoms with Gasteiger partial charge < -0.3 is 31.6 Å². The smallest absolute Gasteiger partial charge is 0.337 e. The number of ether oxygens (including phenoxy) is 2. The van der Waals surface area contributed by atoms with Crippen LogP contribution in [0.1, 0.15) is 28.9 Å². The fourth-order valence-corrected chi connectivity index (χ4v) is 2.81. The third-order valence-electron chi connectivity index (χ3n) is 4.02. The average molecular weight is 367 g/mol. The number of hydrogen-bond acceptors (Lipinski definition) is 7. The number of nitrogens with zero attached hydrogens (tertiary/aromatic N) is 1. The van der Waals surface area contributed by atoms with E-state index in [1.165, 1.54) is 13.2 Å². The Labute approximate surface area is 152 Å². The topological polar surface area (TPSA) is 117 Å². The van der Waals surface area contributed by atoms with Crippen LogP contribution < -0.4 is 17.2 Å². The van der Waals surface area contributed by atoms with Gasteiger partial charge in [0, 0.05) is 12.6 Å². The average Bonchev–Trinajstić information content (AvgIpc) is 2.59. The Bertz CT molecular complexity index is 680. The Kier molecular flexibility index (Phi) is 6.17. The summed E-state index contributed by atoms with van der Waals surface area (Å²) in [6.45, 7) is 3.00. The Morgan fingerprint density at radius 2 is 1.96 bits per heavy atom. The van der Waals surface area contributed by atoms with Crippen LogP contribution in [0.15, 0.2) is 47.0 Å². The molecule has 1 aliphatic rings. The SMILES string of the molecule is COC(=O)c1ccc(C2CN(C(/C=C(\N)Cl)=C(N)N)C(C)CO2)cc1. The van der Waals surface area contributed by atoms with E-state index in [4.69, 9.17) is 38.3 Å². The van der Waals surface area contributed by atoms with Crippen molar-refractivity contribution in [2.45, 2.75) is 19.1 Å².